The molecule has 1 aliphatic rings. The van der Waals surface area contributed by atoms with Gasteiger partial charge in [-0.05, 0) is 16.9 Å². The summed E-state index contributed by atoms with van der Waals surface area (Å²) in [5.74, 6) is 0. The van der Waals surface area contributed by atoms with E-state index in [-0.39, 0.29) is 0 Å². The molecule has 0 aromatic heterocycles. The molecular formula is C9H15P. The van der Waals surface area contributed by atoms with E-state index in [2.05, 4.69) is 39.0 Å². The molecule has 1 rings (SSSR count). The topological polar surface area (TPSA) is 0 Å². The van der Waals surface area contributed by atoms with Crippen molar-refractivity contribution in [3.8, 4) is 0 Å². The Morgan fingerprint density at radius 2 is 2.10 bits per heavy atom. The zero-order valence-electron chi connectivity index (χ0n) is 6.94. The second kappa shape index (κ2) is 2.88. The summed E-state index contributed by atoms with van der Waals surface area (Å²) in [6, 6.07) is 0. The Balaban J connectivity index is 2.41. The van der Waals surface area contributed by atoms with Gasteiger partial charge in [-0.2, -0.15) is 0 Å². The molecular weight excluding hydrogens is 139 g/mol. The molecule has 56 valence electrons. The number of hydrogen-bond donors (Lipinski definition) is 0. The molecule has 0 aromatic rings. The molecule has 1 aliphatic carbocycles. The van der Waals surface area contributed by atoms with E-state index >= 15 is 0 Å². The van der Waals surface area contributed by atoms with Crippen LogP contribution in [-0.2, 0) is 0 Å². The van der Waals surface area contributed by atoms with E-state index in [1.807, 2.05) is 0 Å². The van der Waals surface area contributed by atoms with Gasteiger partial charge in [0.25, 0.3) is 0 Å². The Morgan fingerprint density at radius 1 is 1.40 bits per heavy atom. The molecule has 10 heavy (non-hydrogen) atoms. The number of rotatable bonds is 1. The SMILES string of the molecule is CC(C)(C)PC1=CC=CC1. The highest BCUT2D eigenvalue weighted by atomic mass is 31.1. The molecule has 0 fully saturated rings. The van der Waals surface area contributed by atoms with Crippen LogP contribution < -0.4 is 0 Å². The van der Waals surface area contributed by atoms with Crippen molar-refractivity contribution in [2.45, 2.75) is 32.3 Å². The van der Waals surface area contributed by atoms with Gasteiger partial charge in [0, 0.05) is 0 Å². The first-order valence-electron chi connectivity index (χ1n) is 3.72. The average molecular weight is 154 g/mol. The lowest BCUT2D eigenvalue weighted by Crippen LogP contribution is -2.04. The second-order valence-electron chi connectivity index (χ2n) is 3.70. The maximum absolute atomic E-state index is 2.30. The van der Waals surface area contributed by atoms with E-state index in [1.54, 1.807) is 5.31 Å². The van der Waals surface area contributed by atoms with Crippen molar-refractivity contribution in [1.29, 1.82) is 0 Å². The van der Waals surface area contributed by atoms with Crippen molar-refractivity contribution in [3.05, 3.63) is 23.5 Å². The third-order valence-electron chi connectivity index (χ3n) is 1.31. The molecule has 0 saturated carbocycles. The maximum Gasteiger partial charge on any atom is -0.00923 e. The fourth-order valence-electron chi connectivity index (χ4n) is 1.02. The Morgan fingerprint density at radius 3 is 2.50 bits per heavy atom. The van der Waals surface area contributed by atoms with Crippen LogP contribution in [0.25, 0.3) is 0 Å². The first-order chi connectivity index (χ1) is 4.58. The molecule has 0 aromatic carbocycles. The smallest absolute Gasteiger partial charge is 0.00923 e. The van der Waals surface area contributed by atoms with Crippen LogP contribution in [0.3, 0.4) is 0 Å². The van der Waals surface area contributed by atoms with Gasteiger partial charge in [0.05, 0.1) is 0 Å². The minimum atomic E-state index is 0.484. The van der Waals surface area contributed by atoms with Crippen LogP contribution in [0.5, 0.6) is 0 Å². The lowest BCUT2D eigenvalue weighted by atomic mass is 10.3. The monoisotopic (exact) mass is 154 g/mol. The molecule has 1 heteroatoms. The first kappa shape index (κ1) is 8.01. The summed E-state index contributed by atoms with van der Waals surface area (Å²) >= 11 is 0. The van der Waals surface area contributed by atoms with Gasteiger partial charge in [0.1, 0.15) is 0 Å². The summed E-state index contributed by atoms with van der Waals surface area (Å²) < 4.78 is 0. The Bertz CT molecular complexity index is 170. The molecule has 0 radical (unpaired) electrons. The van der Waals surface area contributed by atoms with E-state index in [1.165, 1.54) is 6.42 Å². The predicted octanol–water partition coefficient (Wildman–Crippen LogP) is 3.31. The molecule has 0 saturated heterocycles. The van der Waals surface area contributed by atoms with Crippen LogP contribution >= 0.6 is 8.58 Å². The van der Waals surface area contributed by atoms with E-state index in [9.17, 15) is 0 Å². The Kier molecular flexibility index (Phi) is 2.31. The quantitative estimate of drug-likeness (QED) is 0.508. The highest BCUT2D eigenvalue weighted by molar-refractivity contribution is 7.44. The fraction of sp³-hybridized carbons (Fsp3) is 0.556. The summed E-state index contributed by atoms with van der Waals surface area (Å²) in [5.41, 5.74) is 0. The number of allylic oxidation sites excluding steroid dienone is 4. The molecule has 0 amide bonds. The zero-order valence-corrected chi connectivity index (χ0v) is 7.94. The highest BCUT2D eigenvalue weighted by Crippen LogP contribution is 2.41. The normalized spacial score (nSPS) is 18.9. The van der Waals surface area contributed by atoms with Gasteiger partial charge in [0.2, 0.25) is 0 Å². The molecule has 1 atom stereocenters. The van der Waals surface area contributed by atoms with E-state index in [0.29, 0.717) is 5.16 Å². The van der Waals surface area contributed by atoms with Crippen molar-refractivity contribution in [1.82, 2.24) is 0 Å². The van der Waals surface area contributed by atoms with Crippen molar-refractivity contribution < 1.29 is 0 Å². The van der Waals surface area contributed by atoms with Crippen molar-refractivity contribution in [2.75, 3.05) is 0 Å². The third-order valence-corrected chi connectivity index (χ3v) is 2.75. The highest BCUT2D eigenvalue weighted by Gasteiger charge is 2.12. The van der Waals surface area contributed by atoms with Gasteiger partial charge < -0.3 is 0 Å². The van der Waals surface area contributed by atoms with Gasteiger partial charge in [0.15, 0.2) is 0 Å². The Hall–Kier alpha value is -0.0900. The minimum Gasteiger partial charge on any atom is -0.0890 e. The van der Waals surface area contributed by atoms with Gasteiger partial charge in [-0.25, -0.2) is 0 Å². The predicted molar refractivity (Wildman–Crippen MR) is 49.9 cm³/mol. The van der Waals surface area contributed by atoms with Crippen molar-refractivity contribution in [2.24, 2.45) is 0 Å². The second-order valence-corrected chi connectivity index (χ2v) is 6.09. The fourth-order valence-corrected chi connectivity index (χ4v) is 2.38. The van der Waals surface area contributed by atoms with Crippen LogP contribution in [0.1, 0.15) is 27.2 Å². The first-order valence-corrected chi connectivity index (χ1v) is 4.72. The molecule has 1 unspecified atom stereocenters. The van der Waals surface area contributed by atoms with Crippen LogP contribution in [0.2, 0.25) is 0 Å². The molecule has 0 heterocycles. The van der Waals surface area contributed by atoms with Crippen LogP contribution in [0.4, 0.5) is 0 Å². The van der Waals surface area contributed by atoms with Gasteiger partial charge in [-0.1, -0.05) is 47.6 Å². The standard InChI is InChI=1S/C9H15P/c1-9(2,3)10-8-6-4-5-7-8/h4-6,10H,7H2,1-3H3. The van der Waals surface area contributed by atoms with Crippen molar-refractivity contribution in [3.63, 3.8) is 0 Å². The lowest BCUT2D eigenvalue weighted by molar-refractivity contribution is 0.796. The minimum absolute atomic E-state index is 0.484. The average Bonchev–Trinajstić information content (AvgIpc) is 2.12. The van der Waals surface area contributed by atoms with E-state index < -0.39 is 0 Å². The largest absolute Gasteiger partial charge is 0.0890 e. The molecule has 0 N–H and O–H groups in total. The zero-order chi connectivity index (χ0) is 7.61. The van der Waals surface area contributed by atoms with Gasteiger partial charge in [-0.15, -0.1) is 0 Å². The summed E-state index contributed by atoms with van der Waals surface area (Å²) in [7, 11) is 0.994. The molecule has 0 spiro atoms. The number of hydrogen-bond acceptors (Lipinski definition) is 0. The van der Waals surface area contributed by atoms with Crippen LogP contribution in [-0.4, -0.2) is 5.16 Å². The van der Waals surface area contributed by atoms with Crippen LogP contribution in [0.15, 0.2) is 23.5 Å². The van der Waals surface area contributed by atoms with Gasteiger partial charge >= 0.3 is 0 Å². The molecule has 0 nitrogen and oxygen atoms in total. The van der Waals surface area contributed by atoms with Gasteiger partial charge in [-0.3, -0.25) is 0 Å². The van der Waals surface area contributed by atoms with Crippen LogP contribution in [0, 0.1) is 0 Å². The summed E-state index contributed by atoms with van der Waals surface area (Å²) in [6.45, 7) is 6.89. The van der Waals surface area contributed by atoms with Crippen molar-refractivity contribution >= 4 is 8.58 Å². The molecule has 0 aliphatic heterocycles. The third kappa shape index (κ3) is 2.66. The summed E-state index contributed by atoms with van der Waals surface area (Å²) in [6.07, 6.45) is 7.83. The molecule has 0 bridgehead atoms. The van der Waals surface area contributed by atoms with E-state index in [0.717, 1.165) is 8.58 Å². The summed E-state index contributed by atoms with van der Waals surface area (Å²) in [5, 5.41) is 2.09. The Labute approximate surface area is 65.2 Å². The maximum atomic E-state index is 2.30. The lowest BCUT2D eigenvalue weighted by Gasteiger charge is -2.18. The van der Waals surface area contributed by atoms with E-state index in [4.69, 9.17) is 0 Å². The summed E-state index contributed by atoms with van der Waals surface area (Å²) in [4.78, 5) is 0.